The summed E-state index contributed by atoms with van der Waals surface area (Å²) in [4.78, 5) is 0. The molecule has 2 atom stereocenters. The standard InChI is InChI=1S/C14H21F2NO2/c1-9(2)12(8-18)17-10(3)11-6-4-5-7-13(11)19-14(15)16/h4-7,9-10,12,14,17-18H,8H2,1-3H3. The zero-order valence-electron chi connectivity index (χ0n) is 11.4. The van der Waals surface area contributed by atoms with Crippen LogP contribution in [0.25, 0.3) is 0 Å². The van der Waals surface area contributed by atoms with Crippen LogP contribution in [-0.2, 0) is 0 Å². The van der Waals surface area contributed by atoms with E-state index >= 15 is 0 Å². The van der Waals surface area contributed by atoms with Crippen molar-refractivity contribution >= 4 is 0 Å². The molecule has 1 rings (SSSR count). The zero-order valence-corrected chi connectivity index (χ0v) is 11.4. The van der Waals surface area contributed by atoms with Gasteiger partial charge in [0.1, 0.15) is 5.75 Å². The summed E-state index contributed by atoms with van der Waals surface area (Å²) in [6.45, 7) is 3.00. The summed E-state index contributed by atoms with van der Waals surface area (Å²) in [5, 5.41) is 12.5. The largest absolute Gasteiger partial charge is 0.434 e. The first-order valence-electron chi connectivity index (χ1n) is 6.36. The maximum absolute atomic E-state index is 12.3. The van der Waals surface area contributed by atoms with Gasteiger partial charge in [-0.3, -0.25) is 0 Å². The molecule has 5 heteroatoms. The van der Waals surface area contributed by atoms with Gasteiger partial charge in [0, 0.05) is 17.6 Å². The van der Waals surface area contributed by atoms with Gasteiger partial charge in [-0.05, 0) is 18.9 Å². The van der Waals surface area contributed by atoms with E-state index in [0.717, 1.165) is 0 Å². The summed E-state index contributed by atoms with van der Waals surface area (Å²) in [6.07, 6.45) is 0. The predicted octanol–water partition coefficient (Wildman–Crippen LogP) is 2.96. The second kappa shape index (κ2) is 7.40. The maximum Gasteiger partial charge on any atom is 0.387 e. The Balaban J connectivity index is 2.83. The van der Waals surface area contributed by atoms with Crippen LogP contribution >= 0.6 is 0 Å². The summed E-state index contributed by atoms with van der Waals surface area (Å²) in [6, 6.07) is 6.41. The first-order chi connectivity index (χ1) is 8.95. The lowest BCUT2D eigenvalue weighted by Crippen LogP contribution is -2.38. The summed E-state index contributed by atoms with van der Waals surface area (Å²) in [7, 11) is 0. The van der Waals surface area contributed by atoms with Crippen molar-refractivity contribution in [2.75, 3.05) is 6.61 Å². The van der Waals surface area contributed by atoms with E-state index in [9.17, 15) is 13.9 Å². The minimum Gasteiger partial charge on any atom is -0.434 e. The Hall–Kier alpha value is -1.20. The molecule has 0 aromatic heterocycles. The van der Waals surface area contributed by atoms with Gasteiger partial charge in [-0.25, -0.2) is 0 Å². The van der Waals surface area contributed by atoms with Gasteiger partial charge < -0.3 is 15.2 Å². The summed E-state index contributed by atoms with van der Waals surface area (Å²) in [5.74, 6) is 0.411. The van der Waals surface area contributed by atoms with E-state index in [4.69, 9.17) is 0 Å². The number of hydrogen-bond acceptors (Lipinski definition) is 3. The van der Waals surface area contributed by atoms with Crippen LogP contribution in [0.1, 0.15) is 32.4 Å². The van der Waals surface area contributed by atoms with E-state index < -0.39 is 6.61 Å². The Morgan fingerprint density at radius 1 is 1.21 bits per heavy atom. The normalized spacial score (nSPS) is 14.7. The smallest absolute Gasteiger partial charge is 0.387 e. The molecule has 1 aromatic rings. The molecule has 2 unspecified atom stereocenters. The van der Waals surface area contributed by atoms with E-state index in [1.807, 2.05) is 20.8 Å². The molecule has 1 aromatic carbocycles. The Morgan fingerprint density at radius 3 is 2.37 bits per heavy atom. The molecule has 0 saturated carbocycles. The molecular weight excluding hydrogens is 252 g/mol. The minimum absolute atomic E-state index is 0.000121. The van der Waals surface area contributed by atoms with Crippen LogP contribution in [0, 0.1) is 5.92 Å². The van der Waals surface area contributed by atoms with Gasteiger partial charge in [-0.1, -0.05) is 32.0 Å². The van der Waals surface area contributed by atoms with Crippen LogP contribution in [0.2, 0.25) is 0 Å². The fraction of sp³-hybridized carbons (Fsp3) is 0.571. The van der Waals surface area contributed by atoms with E-state index in [0.29, 0.717) is 5.56 Å². The van der Waals surface area contributed by atoms with Gasteiger partial charge >= 0.3 is 6.61 Å². The lowest BCUT2D eigenvalue weighted by molar-refractivity contribution is -0.0507. The topological polar surface area (TPSA) is 41.5 Å². The average molecular weight is 273 g/mol. The Labute approximate surface area is 112 Å². The molecular formula is C14H21F2NO2. The van der Waals surface area contributed by atoms with Crippen LogP contribution < -0.4 is 10.1 Å². The second-order valence-electron chi connectivity index (χ2n) is 4.84. The first-order valence-corrected chi connectivity index (χ1v) is 6.36. The highest BCUT2D eigenvalue weighted by molar-refractivity contribution is 5.35. The van der Waals surface area contributed by atoms with Crippen LogP contribution in [0.5, 0.6) is 5.75 Å². The maximum atomic E-state index is 12.3. The Morgan fingerprint density at radius 2 is 1.84 bits per heavy atom. The number of halogens is 2. The van der Waals surface area contributed by atoms with Crippen molar-refractivity contribution in [3.05, 3.63) is 29.8 Å². The number of ether oxygens (including phenoxy) is 1. The molecule has 0 aliphatic heterocycles. The predicted molar refractivity (Wildman–Crippen MR) is 70.3 cm³/mol. The monoisotopic (exact) mass is 273 g/mol. The van der Waals surface area contributed by atoms with Crippen LogP contribution in [0.3, 0.4) is 0 Å². The van der Waals surface area contributed by atoms with E-state index in [2.05, 4.69) is 10.1 Å². The SMILES string of the molecule is CC(NC(CO)C(C)C)c1ccccc1OC(F)F. The Kier molecular flexibility index (Phi) is 6.18. The van der Waals surface area contributed by atoms with E-state index in [1.54, 1.807) is 18.2 Å². The van der Waals surface area contributed by atoms with Crippen molar-refractivity contribution in [2.45, 2.75) is 39.5 Å². The number of benzene rings is 1. The van der Waals surface area contributed by atoms with Crippen LogP contribution in [-0.4, -0.2) is 24.4 Å². The highest BCUT2D eigenvalue weighted by Gasteiger charge is 2.19. The molecule has 0 saturated heterocycles. The van der Waals surface area contributed by atoms with Crippen molar-refractivity contribution in [1.82, 2.24) is 5.32 Å². The van der Waals surface area contributed by atoms with Crippen molar-refractivity contribution in [3.8, 4) is 5.75 Å². The fourth-order valence-corrected chi connectivity index (χ4v) is 1.91. The van der Waals surface area contributed by atoms with Gasteiger partial charge in [0.05, 0.1) is 6.61 Å². The third-order valence-electron chi connectivity index (χ3n) is 3.07. The highest BCUT2D eigenvalue weighted by atomic mass is 19.3. The molecule has 2 N–H and O–H groups in total. The van der Waals surface area contributed by atoms with Crippen LogP contribution in [0.4, 0.5) is 8.78 Å². The molecule has 0 heterocycles. The van der Waals surface area contributed by atoms with Gasteiger partial charge in [0.25, 0.3) is 0 Å². The molecule has 19 heavy (non-hydrogen) atoms. The highest BCUT2D eigenvalue weighted by Crippen LogP contribution is 2.27. The van der Waals surface area contributed by atoms with Crippen molar-refractivity contribution < 1.29 is 18.6 Å². The zero-order chi connectivity index (χ0) is 14.4. The third kappa shape index (κ3) is 4.76. The first kappa shape index (κ1) is 15.9. The fourth-order valence-electron chi connectivity index (χ4n) is 1.91. The molecule has 0 aliphatic carbocycles. The van der Waals surface area contributed by atoms with Gasteiger partial charge in [0.15, 0.2) is 0 Å². The summed E-state index contributed by atoms with van der Waals surface area (Å²) < 4.78 is 29.2. The van der Waals surface area contributed by atoms with Crippen molar-refractivity contribution in [3.63, 3.8) is 0 Å². The molecule has 0 fully saturated rings. The number of nitrogens with one attached hydrogen (secondary N) is 1. The molecule has 0 amide bonds. The summed E-state index contributed by atoms with van der Waals surface area (Å²) in [5.41, 5.74) is 0.655. The molecule has 0 bridgehead atoms. The van der Waals surface area contributed by atoms with E-state index in [1.165, 1.54) is 6.07 Å². The number of rotatable bonds is 7. The van der Waals surface area contributed by atoms with Crippen LogP contribution in [0.15, 0.2) is 24.3 Å². The molecule has 108 valence electrons. The number of hydrogen-bond donors (Lipinski definition) is 2. The van der Waals surface area contributed by atoms with E-state index in [-0.39, 0.29) is 30.4 Å². The Bertz CT molecular complexity index is 385. The number of aliphatic hydroxyl groups is 1. The van der Waals surface area contributed by atoms with Crippen molar-refractivity contribution in [1.29, 1.82) is 0 Å². The lowest BCUT2D eigenvalue weighted by Gasteiger charge is -2.26. The van der Waals surface area contributed by atoms with Gasteiger partial charge in [0.2, 0.25) is 0 Å². The van der Waals surface area contributed by atoms with Gasteiger partial charge in [-0.15, -0.1) is 0 Å². The number of aliphatic hydroxyl groups excluding tert-OH is 1. The molecule has 0 aliphatic rings. The van der Waals surface area contributed by atoms with Gasteiger partial charge in [-0.2, -0.15) is 8.78 Å². The molecule has 0 spiro atoms. The number of para-hydroxylation sites is 1. The summed E-state index contributed by atoms with van der Waals surface area (Å²) >= 11 is 0. The average Bonchev–Trinajstić information content (AvgIpc) is 2.35. The minimum atomic E-state index is -2.84. The third-order valence-corrected chi connectivity index (χ3v) is 3.07. The quantitative estimate of drug-likeness (QED) is 0.802. The second-order valence-corrected chi connectivity index (χ2v) is 4.84. The lowest BCUT2D eigenvalue weighted by atomic mass is 10.0. The van der Waals surface area contributed by atoms with Crippen molar-refractivity contribution in [2.24, 2.45) is 5.92 Å². The number of alkyl halides is 2. The molecule has 3 nitrogen and oxygen atoms in total. The molecule has 0 radical (unpaired) electrons.